The predicted molar refractivity (Wildman–Crippen MR) is 190 cm³/mol. The van der Waals surface area contributed by atoms with Gasteiger partial charge in [-0.25, -0.2) is 0 Å². The SMILES string of the molecule is O=C(CCc1ccccc1)SCCSCC(CSC(=O)CCc1ccccc1)SCCSC(=O)CCc1ccccc1. The van der Waals surface area contributed by atoms with E-state index in [4.69, 9.17) is 0 Å². The molecule has 0 N–H and O–H groups in total. The maximum atomic E-state index is 12.6. The van der Waals surface area contributed by atoms with Crippen LogP contribution in [0.15, 0.2) is 91.0 Å². The molecule has 0 heterocycles. The van der Waals surface area contributed by atoms with Crippen molar-refractivity contribution in [2.24, 2.45) is 0 Å². The quantitative estimate of drug-likeness (QED) is 0.112. The fourth-order valence-corrected chi connectivity index (χ4v) is 9.52. The van der Waals surface area contributed by atoms with Crippen molar-refractivity contribution in [2.45, 2.75) is 43.8 Å². The highest BCUT2D eigenvalue weighted by Gasteiger charge is 2.14. The molecule has 0 spiro atoms. The van der Waals surface area contributed by atoms with Gasteiger partial charge in [-0.1, -0.05) is 126 Å². The summed E-state index contributed by atoms with van der Waals surface area (Å²) in [7, 11) is 0. The molecule has 0 fully saturated rings. The van der Waals surface area contributed by atoms with Crippen molar-refractivity contribution in [3.63, 3.8) is 0 Å². The molecule has 0 amide bonds. The van der Waals surface area contributed by atoms with E-state index in [1.807, 2.05) is 78.1 Å². The highest BCUT2D eigenvalue weighted by atomic mass is 32.2. The monoisotopic (exact) mass is 656 g/mol. The van der Waals surface area contributed by atoms with Gasteiger partial charge >= 0.3 is 0 Å². The first-order chi connectivity index (χ1) is 20.6. The lowest BCUT2D eigenvalue weighted by Crippen LogP contribution is -2.14. The molecule has 0 aromatic heterocycles. The van der Waals surface area contributed by atoms with Crippen LogP contribution in [0.4, 0.5) is 0 Å². The number of aryl methyl sites for hydroxylation is 3. The zero-order valence-electron chi connectivity index (χ0n) is 24.0. The molecule has 3 aromatic rings. The Morgan fingerprint density at radius 2 is 0.881 bits per heavy atom. The Morgan fingerprint density at radius 1 is 0.476 bits per heavy atom. The summed E-state index contributed by atoms with van der Waals surface area (Å²) in [6.45, 7) is 0. The van der Waals surface area contributed by atoms with Gasteiger partial charge in [0.2, 0.25) is 0 Å². The molecule has 0 aliphatic heterocycles. The van der Waals surface area contributed by atoms with Gasteiger partial charge in [-0.15, -0.1) is 0 Å². The Labute approximate surface area is 272 Å². The average molecular weight is 657 g/mol. The number of carbonyl (C=O) groups excluding carboxylic acids is 3. The first kappa shape index (κ1) is 34.9. The highest BCUT2D eigenvalue weighted by Crippen LogP contribution is 2.25. The minimum Gasteiger partial charge on any atom is -0.287 e. The van der Waals surface area contributed by atoms with Crippen molar-refractivity contribution in [3.8, 4) is 0 Å². The average Bonchev–Trinajstić information content (AvgIpc) is 3.03. The van der Waals surface area contributed by atoms with Crippen molar-refractivity contribution in [3.05, 3.63) is 108 Å². The summed E-state index contributed by atoms with van der Waals surface area (Å²) in [5, 5.41) is 1.06. The fraction of sp³-hybridized carbons (Fsp3) is 0.382. The summed E-state index contributed by atoms with van der Waals surface area (Å²) in [6.07, 6.45) is 4.03. The standard InChI is InChI=1S/C34H40O3S5/c35-32(19-16-28-10-4-1-5-11-28)40-23-22-38-26-31(27-42-34(37)21-18-30-14-8-3-9-15-30)39-24-25-41-33(36)20-17-29-12-6-2-7-13-29/h1-15,31H,16-27H2. The van der Waals surface area contributed by atoms with E-state index in [-0.39, 0.29) is 15.3 Å². The Bertz CT molecular complexity index is 1180. The second kappa shape index (κ2) is 22.0. The third-order valence-electron chi connectivity index (χ3n) is 6.31. The maximum absolute atomic E-state index is 12.6. The van der Waals surface area contributed by atoms with Crippen LogP contribution in [0.5, 0.6) is 0 Å². The number of benzene rings is 3. The predicted octanol–water partition coefficient (Wildman–Crippen LogP) is 8.50. The Balaban J connectivity index is 1.33. The maximum Gasteiger partial charge on any atom is 0.189 e. The second-order valence-electron chi connectivity index (χ2n) is 9.65. The first-order valence-electron chi connectivity index (χ1n) is 14.4. The zero-order chi connectivity index (χ0) is 29.7. The summed E-state index contributed by atoms with van der Waals surface area (Å²) in [5.74, 6) is 5.12. The Morgan fingerprint density at radius 3 is 1.33 bits per heavy atom. The van der Waals surface area contributed by atoms with Crippen LogP contribution in [0.1, 0.15) is 36.0 Å². The Hall–Kier alpha value is -1.58. The molecule has 0 aliphatic rings. The topological polar surface area (TPSA) is 51.2 Å². The molecule has 0 aliphatic carbocycles. The van der Waals surface area contributed by atoms with Gasteiger partial charge in [-0.05, 0) is 36.0 Å². The van der Waals surface area contributed by atoms with Crippen molar-refractivity contribution in [1.29, 1.82) is 0 Å². The van der Waals surface area contributed by atoms with Crippen LogP contribution >= 0.6 is 58.8 Å². The van der Waals surface area contributed by atoms with E-state index in [0.29, 0.717) is 24.5 Å². The van der Waals surface area contributed by atoms with Gasteiger partial charge in [0.15, 0.2) is 15.3 Å². The van der Waals surface area contributed by atoms with Crippen LogP contribution in [0.25, 0.3) is 0 Å². The first-order valence-corrected chi connectivity index (χ1v) is 19.5. The smallest absolute Gasteiger partial charge is 0.189 e. The molecular weight excluding hydrogens is 617 g/mol. The van der Waals surface area contributed by atoms with Crippen LogP contribution in [0.2, 0.25) is 0 Å². The van der Waals surface area contributed by atoms with Crippen LogP contribution in [-0.2, 0) is 33.6 Å². The number of hydrogen-bond acceptors (Lipinski definition) is 8. The van der Waals surface area contributed by atoms with Crippen molar-refractivity contribution >= 4 is 74.2 Å². The Kier molecular flexibility index (Phi) is 18.3. The van der Waals surface area contributed by atoms with Gasteiger partial charge in [0.25, 0.3) is 0 Å². The molecule has 3 nitrogen and oxygen atoms in total. The van der Waals surface area contributed by atoms with Crippen molar-refractivity contribution in [2.75, 3.05) is 34.5 Å². The molecule has 1 atom stereocenters. The number of hydrogen-bond donors (Lipinski definition) is 0. The molecule has 1 unspecified atom stereocenters. The minimum absolute atomic E-state index is 0.236. The number of rotatable bonds is 20. The van der Waals surface area contributed by atoms with E-state index in [9.17, 15) is 14.4 Å². The molecule has 0 bridgehead atoms. The lowest BCUT2D eigenvalue weighted by atomic mass is 10.1. The van der Waals surface area contributed by atoms with Gasteiger partial charge in [0.05, 0.1) is 0 Å². The van der Waals surface area contributed by atoms with Gasteiger partial charge < -0.3 is 0 Å². The van der Waals surface area contributed by atoms with E-state index >= 15 is 0 Å². The highest BCUT2D eigenvalue weighted by molar-refractivity contribution is 8.15. The molecule has 224 valence electrons. The third-order valence-corrected chi connectivity index (χ3v) is 12.6. The van der Waals surface area contributed by atoms with Crippen LogP contribution in [0, 0.1) is 0 Å². The molecule has 8 heteroatoms. The molecule has 42 heavy (non-hydrogen) atoms. The molecule has 3 rings (SSSR count). The lowest BCUT2D eigenvalue weighted by Gasteiger charge is -2.15. The largest absolute Gasteiger partial charge is 0.287 e. The van der Waals surface area contributed by atoms with Gasteiger partial charge in [0, 0.05) is 59.0 Å². The summed E-state index contributed by atoms with van der Waals surface area (Å²) in [4.78, 5) is 37.3. The number of carbonyl (C=O) groups is 3. The molecule has 0 saturated carbocycles. The third kappa shape index (κ3) is 16.3. The van der Waals surface area contributed by atoms with Gasteiger partial charge in [-0.3, -0.25) is 14.4 Å². The van der Waals surface area contributed by atoms with E-state index in [1.54, 1.807) is 0 Å². The summed E-state index contributed by atoms with van der Waals surface area (Å²) in [6, 6.07) is 30.4. The summed E-state index contributed by atoms with van der Waals surface area (Å²) >= 11 is 8.02. The molecule has 0 saturated heterocycles. The van der Waals surface area contributed by atoms with Crippen molar-refractivity contribution in [1.82, 2.24) is 0 Å². The molecular formula is C34H40O3S5. The normalized spacial score (nSPS) is 11.7. The van der Waals surface area contributed by atoms with E-state index in [0.717, 1.165) is 53.8 Å². The van der Waals surface area contributed by atoms with Gasteiger partial charge in [-0.2, -0.15) is 23.5 Å². The second-order valence-corrected chi connectivity index (χ2v) is 15.6. The van der Waals surface area contributed by atoms with Crippen LogP contribution in [0.3, 0.4) is 0 Å². The minimum atomic E-state index is 0.236. The molecule has 3 aromatic carbocycles. The van der Waals surface area contributed by atoms with Crippen LogP contribution in [-0.4, -0.2) is 55.1 Å². The van der Waals surface area contributed by atoms with E-state index < -0.39 is 0 Å². The zero-order valence-corrected chi connectivity index (χ0v) is 28.1. The fourth-order valence-electron chi connectivity index (χ4n) is 4.02. The van der Waals surface area contributed by atoms with E-state index in [1.165, 1.54) is 52.0 Å². The van der Waals surface area contributed by atoms with Crippen molar-refractivity contribution < 1.29 is 14.4 Å². The van der Waals surface area contributed by atoms with Gasteiger partial charge in [0.1, 0.15) is 0 Å². The lowest BCUT2D eigenvalue weighted by molar-refractivity contribution is -0.111. The summed E-state index contributed by atoms with van der Waals surface area (Å²) < 4.78 is 0. The molecule has 0 radical (unpaired) electrons. The van der Waals surface area contributed by atoms with E-state index in [2.05, 4.69) is 36.4 Å². The van der Waals surface area contributed by atoms with Crippen LogP contribution < -0.4 is 0 Å². The summed E-state index contributed by atoms with van der Waals surface area (Å²) in [5.41, 5.74) is 3.59. The number of thioether (sulfide) groups is 5.